The minimum atomic E-state index is -3.86. The zero-order chi connectivity index (χ0) is 26.7. The number of nitrogens with one attached hydrogen (secondary N) is 2. The first kappa shape index (κ1) is 25.6. The average molecular weight is 552 g/mol. The van der Waals surface area contributed by atoms with Crippen LogP contribution in [0.25, 0.3) is 21.0 Å². The number of para-hydroxylation sites is 1. The van der Waals surface area contributed by atoms with Crippen molar-refractivity contribution in [1.29, 1.82) is 0 Å². The van der Waals surface area contributed by atoms with E-state index in [4.69, 9.17) is 14.6 Å². The number of aromatic nitrogens is 1. The molecule has 9 nitrogen and oxygen atoms in total. The molecule has 0 bridgehead atoms. The molecule has 4 aromatic carbocycles. The molecule has 1 heterocycles. The Kier molecular flexibility index (Phi) is 7.23. The summed E-state index contributed by atoms with van der Waals surface area (Å²) in [6.45, 7) is 0.473. The third-order valence-corrected chi connectivity index (χ3v) is 8.30. The highest BCUT2D eigenvalue weighted by Gasteiger charge is 2.18. The molecule has 38 heavy (non-hydrogen) atoms. The Labute approximate surface area is 223 Å². The Morgan fingerprint density at radius 1 is 1.03 bits per heavy atom. The number of methoxy groups -OCH3 is 1. The summed E-state index contributed by atoms with van der Waals surface area (Å²) in [5.41, 5.74) is 2.04. The van der Waals surface area contributed by atoms with E-state index >= 15 is 0 Å². The minimum absolute atomic E-state index is 0.0602. The molecule has 0 radical (unpaired) electrons. The van der Waals surface area contributed by atoms with Crippen molar-refractivity contribution in [3.05, 3.63) is 78.4 Å². The summed E-state index contributed by atoms with van der Waals surface area (Å²) in [5.74, 6) is 1.08. The number of aliphatic hydroxyl groups is 1. The van der Waals surface area contributed by atoms with Gasteiger partial charge in [-0.05, 0) is 60.0 Å². The highest BCUT2D eigenvalue weighted by Crippen LogP contribution is 2.34. The van der Waals surface area contributed by atoms with E-state index in [0.717, 1.165) is 15.5 Å². The molecule has 0 aliphatic rings. The van der Waals surface area contributed by atoms with Crippen LogP contribution in [0.1, 0.15) is 5.56 Å². The third kappa shape index (κ3) is 5.30. The molecule has 0 atom stereocenters. The van der Waals surface area contributed by atoms with Crippen LogP contribution in [0.3, 0.4) is 0 Å². The van der Waals surface area contributed by atoms with Crippen molar-refractivity contribution in [2.24, 2.45) is 0 Å². The lowest BCUT2D eigenvalue weighted by Crippen LogP contribution is -2.12. The van der Waals surface area contributed by atoms with Gasteiger partial charge in [-0.3, -0.25) is 4.72 Å². The summed E-state index contributed by atoms with van der Waals surface area (Å²) in [6, 6.07) is 20.9. The van der Waals surface area contributed by atoms with E-state index in [-0.39, 0.29) is 29.0 Å². The van der Waals surface area contributed by atoms with Crippen molar-refractivity contribution in [3.8, 4) is 17.2 Å². The zero-order valence-corrected chi connectivity index (χ0v) is 22.0. The molecule has 0 saturated carbocycles. The number of hydrogen-bond donors (Lipinski definition) is 4. The van der Waals surface area contributed by atoms with E-state index in [9.17, 15) is 13.5 Å². The Balaban J connectivity index is 1.31. The molecule has 5 rings (SSSR count). The lowest BCUT2D eigenvalue weighted by molar-refractivity contribution is 0.201. The Morgan fingerprint density at radius 3 is 2.61 bits per heavy atom. The van der Waals surface area contributed by atoms with E-state index in [1.165, 1.54) is 30.6 Å². The van der Waals surface area contributed by atoms with Gasteiger partial charge in [0.15, 0.2) is 16.6 Å². The van der Waals surface area contributed by atoms with Crippen molar-refractivity contribution < 1.29 is 28.1 Å². The number of nitrogens with zero attached hydrogens (tertiary/aromatic N) is 1. The van der Waals surface area contributed by atoms with Gasteiger partial charge in [-0.2, -0.15) is 0 Å². The van der Waals surface area contributed by atoms with Crippen LogP contribution in [0.4, 0.5) is 10.8 Å². The van der Waals surface area contributed by atoms with E-state index in [0.29, 0.717) is 34.8 Å². The quantitative estimate of drug-likeness (QED) is 0.192. The molecule has 0 amide bonds. The third-order valence-electron chi connectivity index (χ3n) is 5.88. The molecule has 0 unspecified atom stereocenters. The summed E-state index contributed by atoms with van der Waals surface area (Å²) in [4.78, 5) is 4.65. The Bertz CT molecular complexity index is 1700. The first-order valence-corrected chi connectivity index (χ1v) is 14.0. The van der Waals surface area contributed by atoms with Crippen LogP contribution in [0.2, 0.25) is 0 Å². The molecule has 0 fully saturated rings. The number of phenolic OH excluding ortho intramolecular Hbond substituents is 1. The first-order chi connectivity index (χ1) is 18.4. The highest BCUT2D eigenvalue weighted by molar-refractivity contribution is 7.93. The van der Waals surface area contributed by atoms with Crippen LogP contribution in [0.5, 0.6) is 17.2 Å². The smallest absolute Gasteiger partial charge is 0.263 e. The maximum absolute atomic E-state index is 13.0. The van der Waals surface area contributed by atoms with Gasteiger partial charge in [0, 0.05) is 23.2 Å². The van der Waals surface area contributed by atoms with Gasteiger partial charge in [0.2, 0.25) is 0 Å². The van der Waals surface area contributed by atoms with Gasteiger partial charge in [-0.15, -0.1) is 0 Å². The second-order valence-corrected chi connectivity index (χ2v) is 11.1. The number of phenols is 1. The summed E-state index contributed by atoms with van der Waals surface area (Å²) < 4.78 is 40.1. The van der Waals surface area contributed by atoms with Crippen LogP contribution < -0.4 is 19.5 Å². The summed E-state index contributed by atoms with van der Waals surface area (Å²) in [7, 11) is -2.37. The maximum Gasteiger partial charge on any atom is 0.263 e. The molecule has 0 aliphatic heterocycles. The number of benzene rings is 4. The van der Waals surface area contributed by atoms with Crippen LogP contribution in [-0.2, 0) is 16.6 Å². The SMILES string of the molecule is COc1cccc(CNc2ccc(S(=O)(=O)Nc3nc4c(ccc5cc(OCCO)ccc54)s3)cc2)c1O. The van der Waals surface area contributed by atoms with Crippen molar-refractivity contribution in [2.45, 2.75) is 11.4 Å². The number of sulfonamides is 1. The Morgan fingerprint density at radius 2 is 1.84 bits per heavy atom. The van der Waals surface area contributed by atoms with Crippen LogP contribution >= 0.6 is 11.3 Å². The second kappa shape index (κ2) is 10.7. The van der Waals surface area contributed by atoms with Gasteiger partial charge in [0.25, 0.3) is 10.0 Å². The number of ether oxygens (including phenoxy) is 2. The monoisotopic (exact) mass is 551 g/mol. The topological polar surface area (TPSA) is 130 Å². The van der Waals surface area contributed by atoms with Gasteiger partial charge in [-0.25, -0.2) is 13.4 Å². The van der Waals surface area contributed by atoms with Crippen LogP contribution in [0, 0.1) is 0 Å². The largest absolute Gasteiger partial charge is 0.504 e. The molecule has 1 aromatic heterocycles. The van der Waals surface area contributed by atoms with Crippen molar-refractivity contribution in [1.82, 2.24) is 4.98 Å². The summed E-state index contributed by atoms with van der Waals surface area (Å²) in [6.07, 6.45) is 0. The molecule has 0 spiro atoms. The number of anilines is 2. The van der Waals surface area contributed by atoms with E-state index in [1.54, 1.807) is 36.4 Å². The number of aliphatic hydroxyl groups excluding tert-OH is 1. The first-order valence-electron chi connectivity index (χ1n) is 11.7. The van der Waals surface area contributed by atoms with E-state index in [1.807, 2.05) is 24.3 Å². The van der Waals surface area contributed by atoms with Crippen LogP contribution in [-0.4, -0.2) is 43.9 Å². The Hall–Kier alpha value is -4.06. The second-order valence-electron chi connectivity index (χ2n) is 8.34. The zero-order valence-electron chi connectivity index (χ0n) is 20.3. The lowest BCUT2D eigenvalue weighted by Gasteiger charge is -2.11. The minimum Gasteiger partial charge on any atom is -0.504 e. The van der Waals surface area contributed by atoms with Gasteiger partial charge < -0.3 is 25.0 Å². The van der Waals surface area contributed by atoms with Crippen LogP contribution in [0.15, 0.2) is 77.7 Å². The normalized spacial score (nSPS) is 11.5. The standard InChI is InChI=1S/C27H25N3O6S2/c1-35-23-4-2-3-18(26(23)32)16-28-19-6-9-21(10-7-19)38(33,34)30-27-29-25-22-11-8-20(36-14-13-31)15-17(22)5-12-24(25)37-27/h2-12,15,28,31-32H,13-14,16H2,1H3,(H,29,30). The molecular weight excluding hydrogens is 526 g/mol. The highest BCUT2D eigenvalue weighted by atomic mass is 32.2. The van der Waals surface area contributed by atoms with Gasteiger partial charge in [0.05, 0.1) is 28.8 Å². The van der Waals surface area contributed by atoms with E-state index in [2.05, 4.69) is 15.0 Å². The number of thiazole rings is 1. The fraction of sp³-hybridized carbons (Fsp3) is 0.148. The molecule has 4 N–H and O–H groups in total. The van der Waals surface area contributed by atoms with Crippen molar-refractivity contribution in [3.63, 3.8) is 0 Å². The lowest BCUT2D eigenvalue weighted by atomic mass is 10.1. The number of aromatic hydroxyl groups is 1. The maximum atomic E-state index is 13.0. The average Bonchev–Trinajstić information content (AvgIpc) is 3.33. The number of fused-ring (bicyclic) bond motifs is 3. The van der Waals surface area contributed by atoms with Crippen molar-refractivity contribution >= 4 is 53.2 Å². The van der Waals surface area contributed by atoms with Gasteiger partial charge in [-0.1, -0.05) is 29.5 Å². The summed E-state index contributed by atoms with van der Waals surface area (Å²) in [5, 5.41) is 24.4. The van der Waals surface area contributed by atoms with E-state index < -0.39 is 10.0 Å². The molecule has 5 aromatic rings. The van der Waals surface area contributed by atoms with Gasteiger partial charge >= 0.3 is 0 Å². The molecule has 196 valence electrons. The fourth-order valence-corrected chi connectivity index (χ4v) is 6.11. The summed E-state index contributed by atoms with van der Waals surface area (Å²) >= 11 is 1.25. The molecule has 11 heteroatoms. The van der Waals surface area contributed by atoms with Gasteiger partial charge in [0.1, 0.15) is 12.4 Å². The molecule has 0 saturated heterocycles. The predicted molar refractivity (Wildman–Crippen MR) is 149 cm³/mol. The molecular formula is C27H25N3O6S2. The molecule has 0 aliphatic carbocycles. The number of rotatable bonds is 10. The fourth-order valence-electron chi connectivity index (χ4n) is 3.99. The predicted octanol–water partition coefficient (Wildman–Crippen LogP) is 4.95. The number of hydrogen-bond acceptors (Lipinski definition) is 9. The van der Waals surface area contributed by atoms with Crippen molar-refractivity contribution in [2.75, 3.05) is 30.4 Å².